The lowest BCUT2D eigenvalue weighted by atomic mass is 10.1. The molecule has 0 aliphatic rings. The van der Waals surface area contributed by atoms with Crippen LogP contribution in [-0.4, -0.2) is 34.1 Å². The maximum absolute atomic E-state index is 5.05. The van der Waals surface area contributed by atoms with Gasteiger partial charge in [-0.15, -0.1) is 0 Å². The number of nitrogens with zero attached hydrogens (tertiary/aromatic N) is 7. The van der Waals surface area contributed by atoms with Crippen LogP contribution >= 0.6 is 0 Å². The van der Waals surface area contributed by atoms with Crippen molar-refractivity contribution >= 4 is 43.6 Å². The summed E-state index contributed by atoms with van der Waals surface area (Å²) >= 11 is 0. The molecule has 5 aromatic heterocycles. The highest BCUT2D eigenvalue weighted by molar-refractivity contribution is 6.22. The summed E-state index contributed by atoms with van der Waals surface area (Å²) in [6, 6.07) is 28.6. The number of fused-ring (bicyclic) bond motifs is 7. The van der Waals surface area contributed by atoms with E-state index in [9.17, 15) is 0 Å². The van der Waals surface area contributed by atoms with E-state index in [2.05, 4.69) is 50.4 Å². The standard InChI is InChI=1S/C32H21N7/c1-38-26-18-33-16-14-22(26)24-12-13-25-23-15-17-34-19-27(23)39(29(25)28(24)38)32-36-30(20-8-4-2-5-9-20)35-31(37-32)21-10-6-3-7-11-21/h2-19H,1H3. The molecule has 7 heteroatoms. The molecule has 0 saturated carbocycles. The van der Waals surface area contributed by atoms with Gasteiger partial charge in [-0.1, -0.05) is 72.8 Å². The molecule has 184 valence electrons. The zero-order chi connectivity index (χ0) is 25.9. The maximum atomic E-state index is 5.05. The van der Waals surface area contributed by atoms with E-state index in [0.717, 1.165) is 54.7 Å². The predicted molar refractivity (Wildman–Crippen MR) is 155 cm³/mol. The fourth-order valence-corrected chi connectivity index (χ4v) is 5.60. The molecule has 0 atom stereocenters. The van der Waals surface area contributed by atoms with Crippen LogP contribution in [0.1, 0.15) is 0 Å². The summed E-state index contributed by atoms with van der Waals surface area (Å²) in [6.07, 6.45) is 7.48. The highest BCUT2D eigenvalue weighted by Crippen LogP contribution is 2.39. The summed E-state index contributed by atoms with van der Waals surface area (Å²) in [5.74, 6) is 1.78. The Kier molecular flexibility index (Phi) is 4.60. The molecule has 8 aromatic rings. The van der Waals surface area contributed by atoms with E-state index >= 15 is 0 Å². The molecule has 0 spiro atoms. The third kappa shape index (κ3) is 3.20. The Morgan fingerprint density at radius 2 is 1.05 bits per heavy atom. The van der Waals surface area contributed by atoms with Gasteiger partial charge < -0.3 is 4.57 Å². The van der Waals surface area contributed by atoms with Crippen LogP contribution in [0.25, 0.3) is 72.3 Å². The summed E-state index contributed by atoms with van der Waals surface area (Å²) < 4.78 is 4.34. The lowest BCUT2D eigenvalue weighted by molar-refractivity contribution is 0.947. The molecule has 0 amide bonds. The van der Waals surface area contributed by atoms with Crippen LogP contribution in [0.15, 0.2) is 110 Å². The molecule has 3 aromatic carbocycles. The Hall–Kier alpha value is -5.43. The molecule has 8 rings (SSSR count). The molecule has 0 bridgehead atoms. The van der Waals surface area contributed by atoms with E-state index in [1.807, 2.05) is 85.5 Å². The fraction of sp³-hybridized carbons (Fsp3) is 0.0312. The largest absolute Gasteiger partial charge is 0.341 e. The third-order valence-corrected chi connectivity index (χ3v) is 7.38. The van der Waals surface area contributed by atoms with E-state index in [0.29, 0.717) is 17.6 Å². The van der Waals surface area contributed by atoms with Gasteiger partial charge >= 0.3 is 0 Å². The average Bonchev–Trinajstić information content (AvgIpc) is 3.50. The Balaban J connectivity index is 1.55. The van der Waals surface area contributed by atoms with Crippen molar-refractivity contribution in [1.82, 2.24) is 34.1 Å². The Morgan fingerprint density at radius 3 is 1.67 bits per heavy atom. The SMILES string of the molecule is Cn1c2cnccc2c2ccc3c4ccncc4n(-c4nc(-c5ccccc5)nc(-c5ccccc5)n4)c3c21. The van der Waals surface area contributed by atoms with Crippen molar-refractivity contribution in [3.05, 3.63) is 110 Å². The number of benzene rings is 3. The van der Waals surface area contributed by atoms with E-state index < -0.39 is 0 Å². The maximum Gasteiger partial charge on any atom is 0.238 e. The smallest absolute Gasteiger partial charge is 0.238 e. The minimum Gasteiger partial charge on any atom is -0.341 e. The van der Waals surface area contributed by atoms with Crippen LogP contribution in [0.4, 0.5) is 0 Å². The van der Waals surface area contributed by atoms with Gasteiger partial charge in [0.1, 0.15) is 0 Å². The second-order valence-corrected chi connectivity index (χ2v) is 9.55. The number of pyridine rings is 2. The molecule has 0 N–H and O–H groups in total. The average molecular weight is 504 g/mol. The van der Waals surface area contributed by atoms with E-state index in [1.54, 1.807) is 0 Å². The zero-order valence-electron chi connectivity index (χ0n) is 21.0. The quantitative estimate of drug-likeness (QED) is 0.267. The summed E-state index contributed by atoms with van der Waals surface area (Å²) in [5.41, 5.74) is 5.98. The molecule has 0 aliphatic heterocycles. The summed E-state index contributed by atoms with van der Waals surface area (Å²) in [7, 11) is 2.09. The molecule has 0 radical (unpaired) electrons. The van der Waals surface area contributed by atoms with Gasteiger partial charge in [0.2, 0.25) is 5.95 Å². The highest BCUT2D eigenvalue weighted by atomic mass is 15.2. The van der Waals surface area contributed by atoms with Gasteiger partial charge in [0.15, 0.2) is 11.6 Å². The van der Waals surface area contributed by atoms with Crippen molar-refractivity contribution in [3.63, 3.8) is 0 Å². The van der Waals surface area contributed by atoms with Crippen molar-refractivity contribution in [1.29, 1.82) is 0 Å². The predicted octanol–water partition coefficient (Wildman–Crippen LogP) is 6.74. The molecule has 5 heterocycles. The first-order valence-electron chi connectivity index (χ1n) is 12.7. The number of hydrogen-bond acceptors (Lipinski definition) is 5. The first-order valence-corrected chi connectivity index (χ1v) is 12.7. The number of rotatable bonds is 3. The van der Waals surface area contributed by atoms with Crippen LogP contribution in [0, 0.1) is 0 Å². The fourth-order valence-electron chi connectivity index (χ4n) is 5.60. The van der Waals surface area contributed by atoms with Gasteiger partial charge in [-0.2, -0.15) is 9.97 Å². The van der Waals surface area contributed by atoms with Crippen molar-refractivity contribution in [2.75, 3.05) is 0 Å². The van der Waals surface area contributed by atoms with E-state index in [4.69, 9.17) is 15.0 Å². The molecular weight excluding hydrogens is 482 g/mol. The summed E-state index contributed by atoms with van der Waals surface area (Å²) in [6.45, 7) is 0. The Bertz CT molecular complexity index is 2120. The van der Waals surface area contributed by atoms with Gasteiger partial charge in [-0.05, 0) is 12.1 Å². The number of hydrogen-bond donors (Lipinski definition) is 0. The normalized spacial score (nSPS) is 11.7. The van der Waals surface area contributed by atoms with Crippen molar-refractivity contribution in [3.8, 4) is 28.7 Å². The molecule has 7 nitrogen and oxygen atoms in total. The Morgan fingerprint density at radius 1 is 0.513 bits per heavy atom. The molecule has 39 heavy (non-hydrogen) atoms. The first-order chi connectivity index (χ1) is 19.3. The second-order valence-electron chi connectivity index (χ2n) is 9.55. The molecular formula is C32H21N7. The number of aryl methyl sites for hydroxylation is 1. The first kappa shape index (κ1) is 21.6. The van der Waals surface area contributed by atoms with Crippen molar-refractivity contribution in [2.24, 2.45) is 7.05 Å². The van der Waals surface area contributed by atoms with E-state index in [-0.39, 0.29) is 0 Å². The van der Waals surface area contributed by atoms with Crippen LogP contribution in [0.2, 0.25) is 0 Å². The van der Waals surface area contributed by atoms with Gasteiger partial charge in [0.05, 0.1) is 34.5 Å². The van der Waals surface area contributed by atoms with Crippen LogP contribution in [0.5, 0.6) is 0 Å². The zero-order valence-corrected chi connectivity index (χ0v) is 21.0. The second kappa shape index (κ2) is 8.29. The number of aromatic nitrogens is 7. The topological polar surface area (TPSA) is 74.3 Å². The van der Waals surface area contributed by atoms with Gasteiger partial charge in [-0.3, -0.25) is 14.5 Å². The molecule has 0 saturated heterocycles. The van der Waals surface area contributed by atoms with E-state index in [1.165, 1.54) is 0 Å². The Labute approximate surface area is 223 Å². The van der Waals surface area contributed by atoms with Crippen molar-refractivity contribution in [2.45, 2.75) is 0 Å². The third-order valence-electron chi connectivity index (χ3n) is 7.38. The monoisotopic (exact) mass is 503 g/mol. The van der Waals surface area contributed by atoms with Crippen LogP contribution < -0.4 is 0 Å². The van der Waals surface area contributed by atoms with Gasteiger partial charge in [0, 0.05) is 52.1 Å². The lowest BCUT2D eigenvalue weighted by Gasteiger charge is -2.11. The van der Waals surface area contributed by atoms with Crippen LogP contribution in [-0.2, 0) is 7.05 Å². The molecule has 0 unspecified atom stereocenters. The minimum atomic E-state index is 0.548. The van der Waals surface area contributed by atoms with Gasteiger partial charge in [0.25, 0.3) is 0 Å². The summed E-state index contributed by atoms with van der Waals surface area (Å²) in [4.78, 5) is 23.9. The molecule has 0 aliphatic carbocycles. The highest BCUT2D eigenvalue weighted by Gasteiger charge is 2.22. The van der Waals surface area contributed by atoms with Gasteiger partial charge in [-0.25, -0.2) is 4.98 Å². The van der Waals surface area contributed by atoms with Crippen molar-refractivity contribution < 1.29 is 0 Å². The summed E-state index contributed by atoms with van der Waals surface area (Å²) in [5, 5.41) is 4.51. The van der Waals surface area contributed by atoms with Crippen LogP contribution in [0.3, 0.4) is 0 Å². The molecule has 0 fully saturated rings. The minimum absolute atomic E-state index is 0.548. The lowest BCUT2D eigenvalue weighted by Crippen LogP contribution is -2.07.